The summed E-state index contributed by atoms with van der Waals surface area (Å²) in [5.74, 6) is 0. The summed E-state index contributed by atoms with van der Waals surface area (Å²) >= 11 is 0. The lowest BCUT2D eigenvalue weighted by atomic mass is 10.2. The quantitative estimate of drug-likeness (QED) is 0.793. The maximum absolute atomic E-state index is 12.7. The summed E-state index contributed by atoms with van der Waals surface area (Å²) in [6.45, 7) is 6.06. The van der Waals surface area contributed by atoms with Crippen molar-refractivity contribution in [2.75, 3.05) is 39.8 Å². The Labute approximate surface area is 111 Å². The molecule has 6 heteroatoms. The zero-order valence-corrected chi connectivity index (χ0v) is 12.2. The minimum Gasteiger partial charge on any atom is -0.315 e. The third kappa shape index (κ3) is 2.87. The molecule has 0 radical (unpaired) electrons. The minimum atomic E-state index is -3.13. The van der Waals surface area contributed by atoms with E-state index >= 15 is 0 Å². The van der Waals surface area contributed by atoms with Gasteiger partial charge in [-0.2, -0.15) is 4.31 Å². The fraction of sp³-hybridized carbons (Fsp3) is 1.00. The van der Waals surface area contributed by atoms with Crippen LogP contribution < -0.4 is 5.32 Å². The van der Waals surface area contributed by atoms with E-state index in [1.54, 1.807) is 4.31 Å². The van der Waals surface area contributed by atoms with E-state index in [-0.39, 0.29) is 11.3 Å². The second-order valence-corrected chi connectivity index (χ2v) is 7.61. The number of likely N-dealkylation sites (N-methyl/N-ethyl adjacent to an activating group) is 1. The van der Waals surface area contributed by atoms with Gasteiger partial charge >= 0.3 is 0 Å². The fourth-order valence-electron chi connectivity index (χ4n) is 2.96. The van der Waals surface area contributed by atoms with Crippen molar-refractivity contribution >= 4 is 10.0 Å². The van der Waals surface area contributed by atoms with E-state index in [1.165, 1.54) is 0 Å². The highest BCUT2D eigenvalue weighted by Gasteiger charge is 2.38. The average Bonchev–Trinajstić information content (AvgIpc) is 2.80. The topological polar surface area (TPSA) is 52.7 Å². The van der Waals surface area contributed by atoms with E-state index in [0.717, 1.165) is 38.9 Å². The first-order valence-electron chi connectivity index (χ1n) is 6.95. The van der Waals surface area contributed by atoms with Crippen molar-refractivity contribution in [3.63, 3.8) is 0 Å². The van der Waals surface area contributed by atoms with Crippen molar-refractivity contribution < 1.29 is 8.42 Å². The normalized spacial score (nSPS) is 32.6. The molecule has 2 unspecified atom stereocenters. The molecular weight excluding hydrogens is 250 g/mol. The fourth-order valence-corrected chi connectivity index (χ4v) is 5.10. The lowest BCUT2D eigenvalue weighted by Crippen LogP contribution is -2.47. The molecular formula is C12H25N3O2S. The molecule has 0 aromatic rings. The minimum absolute atomic E-state index is 0.142. The number of hydrogen-bond acceptors (Lipinski definition) is 4. The van der Waals surface area contributed by atoms with Crippen molar-refractivity contribution in [3.8, 4) is 0 Å². The monoisotopic (exact) mass is 275 g/mol. The standard InChI is InChI=1S/C12H25N3O2S/c1-3-11-10-14(2)7-4-8-15(11)18(16,17)12-5-6-13-9-12/h11-13H,3-10H2,1-2H3. The van der Waals surface area contributed by atoms with Crippen LogP contribution in [0.5, 0.6) is 0 Å². The molecule has 2 rings (SSSR count). The summed E-state index contributed by atoms with van der Waals surface area (Å²) in [5.41, 5.74) is 0. The second kappa shape index (κ2) is 5.86. The second-order valence-electron chi connectivity index (χ2n) is 5.45. The van der Waals surface area contributed by atoms with Crippen LogP contribution in [0.1, 0.15) is 26.2 Å². The van der Waals surface area contributed by atoms with Crippen LogP contribution in [0.2, 0.25) is 0 Å². The summed E-state index contributed by atoms with van der Waals surface area (Å²) in [6, 6.07) is 0.142. The molecule has 2 aliphatic rings. The largest absolute Gasteiger partial charge is 0.315 e. The molecule has 0 aromatic heterocycles. The Morgan fingerprint density at radius 2 is 2.11 bits per heavy atom. The molecule has 0 amide bonds. The first-order valence-corrected chi connectivity index (χ1v) is 8.46. The van der Waals surface area contributed by atoms with Crippen molar-refractivity contribution in [2.45, 2.75) is 37.5 Å². The Bertz CT molecular complexity index is 366. The van der Waals surface area contributed by atoms with E-state index in [1.807, 2.05) is 0 Å². The maximum Gasteiger partial charge on any atom is 0.218 e. The van der Waals surface area contributed by atoms with Crippen LogP contribution in [-0.4, -0.2) is 68.7 Å². The number of nitrogens with one attached hydrogen (secondary N) is 1. The molecule has 2 fully saturated rings. The molecule has 2 aliphatic heterocycles. The predicted molar refractivity (Wildman–Crippen MR) is 73.1 cm³/mol. The van der Waals surface area contributed by atoms with Crippen molar-refractivity contribution in [1.82, 2.24) is 14.5 Å². The molecule has 106 valence electrons. The third-order valence-electron chi connectivity index (χ3n) is 4.08. The van der Waals surface area contributed by atoms with Gasteiger partial charge in [0.05, 0.1) is 5.25 Å². The van der Waals surface area contributed by atoms with Crippen LogP contribution in [0.15, 0.2) is 0 Å². The van der Waals surface area contributed by atoms with Gasteiger partial charge in [0.15, 0.2) is 0 Å². The number of sulfonamides is 1. The summed E-state index contributed by atoms with van der Waals surface area (Å²) in [6.07, 6.45) is 2.58. The van der Waals surface area contributed by atoms with E-state index in [0.29, 0.717) is 13.1 Å². The third-order valence-corrected chi connectivity index (χ3v) is 6.46. The number of hydrogen-bond donors (Lipinski definition) is 1. The van der Waals surface area contributed by atoms with Gasteiger partial charge in [-0.3, -0.25) is 0 Å². The van der Waals surface area contributed by atoms with Gasteiger partial charge in [-0.15, -0.1) is 0 Å². The molecule has 2 saturated heterocycles. The van der Waals surface area contributed by atoms with Crippen LogP contribution in [-0.2, 0) is 10.0 Å². The van der Waals surface area contributed by atoms with Gasteiger partial charge in [0.1, 0.15) is 0 Å². The molecule has 2 heterocycles. The van der Waals surface area contributed by atoms with Gasteiger partial charge in [-0.25, -0.2) is 8.42 Å². The van der Waals surface area contributed by atoms with Gasteiger partial charge < -0.3 is 10.2 Å². The molecule has 5 nitrogen and oxygen atoms in total. The summed E-state index contributed by atoms with van der Waals surface area (Å²) in [7, 11) is -1.05. The van der Waals surface area contributed by atoms with Gasteiger partial charge in [-0.1, -0.05) is 6.92 Å². The van der Waals surface area contributed by atoms with Crippen molar-refractivity contribution in [2.24, 2.45) is 0 Å². The smallest absolute Gasteiger partial charge is 0.218 e. The lowest BCUT2D eigenvalue weighted by Gasteiger charge is -2.31. The van der Waals surface area contributed by atoms with Crippen LogP contribution in [0.3, 0.4) is 0 Å². The first-order chi connectivity index (χ1) is 8.55. The number of nitrogens with zero attached hydrogens (tertiary/aromatic N) is 2. The molecule has 0 aliphatic carbocycles. The molecule has 0 bridgehead atoms. The van der Waals surface area contributed by atoms with Gasteiger partial charge in [0.25, 0.3) is 0 Å². The first kappa shape index (κ1) is 14.2. The number of rotatable bonds is 3. The maximum atomic E-state index is 12.7. The van der Waals surface area contributed by atoms with Gasteiger partial charge in [0.2, 0.25) is 10.0 Å². The SMILES string of the molecule is CCC1CN(C)CCCN1S(=O)(=O)C1CCNC1. The molecule has 2 atom stereocenters. The average molecular weight is 275 g/mol. The van der Waals surface area contributed by atoms with E-state index < -0.39 is 10.0 Å². The highest BCUT2D eigenvalue weighted by atomic mass is 32.2. The summed E-state index contributed by atoms with van der Waals surface area (Å²) in [5, 5.41) is 2.95. The van der Waals surface area contributed by atoms with Crippen LogP contribution in [0, 0.1) is 0 Å². The zero-order chi connectivity index (χ0) is 13.2. The van der Waals surface area contributed by atoms with Crippen LogP contribution in [0.25, 0.3) is 0 Å². The summed E-state index contributed by atoms with van der Waals surface area (Å²) < 4.78 is 27.2. The molecule has 18 heavy (non-hydrogen) atoms. The Kier molecular flexibility index (Phi) is 4.64. The molecule has 0 spiro atoms. The Balaban J connectivity index is 2.17. The predicted octanol–water partition coefficient (Wildman–Crippen LogP) is 0.0942. The van der Waals surface area contributed by atoms with Crippen molar-refractivity contribution in [1.29, 1.82) is 0 Å². The Morgan fingerprint density at radius 3 is 2.72 bits per heavy atom. The molecule has 0 saturated carbocycles. The summed E-state index contributed by atoms with van der Waals surface area (Å²) in [4.78, 5) is 2.25. The molecule has 1 N–H and O–H groups in total. The van der Waals surface area contributed by atoms with Gasteiger partial charge in [-0.05, 0) is 39.4 Å². The van der Waals surface area contributed by atoms with E-state index in [4.69, 9.17) is 0 Å². The van der Waals surface area contributed by atoms with Crippen molar-refractivity contribution in [3.05, 3.63) is 0 Å². The lowest BCUT2D eigenvalue weighted by molar-refractivity contribution is 0.269. The highest BCUT2D eigenvalue weighted by Crippen LogP contribution is 2.22. The molecule has 0 aromatic carbocycles. The van der Waals surface area contributed by atoms with Crippen LogP contribution in [0.4, 0.5) is 0 Å². The van der Waals surface area contributed by atoms with E-state index in [2.05, 4.69) is 24.2 Å². The Hall–Kier alpha value is -0.170. The zero-order valence-electron chi connectivity index (χ0n) is 11.4. The van der Waals surface area contributed by atoms with Gasteiger partial charge in [0, 0.05) is 25.7 Å². The Morgan fingerprint density at radius 1 is 1.33 bits per heavy atom. The van der Waals surface area contributed by atoms with E-state index in [9.17, 15) is 8.42 Å². The highest BCUT2D eigenvalue weighted by molar-refractivity contribution is 7.89. The van der Waals surface area contributed by atoms with Crippen LogP contribution >= 0.6 is 0 Å².